The summed E-state index contributed by atoms with van der Waals surface area (Å²) in [5, 5.41) is 10.3. The maximum atomic E-state index is 12.5. The van der Waals surface area contributed by atoms with E-state index >= 15 is 0 Å². The topological polar surface area (TPSA) is 83.2 Å². The van der Waals surface area contributed by atoms with E-state index in [2.05, 4.69) is 0 Å². The molecule has 8 heteroatoms. The van der Waals surface area contributed by atoms with Crippen molar-refractivity contribution < 1.29 is 23.8 Å². The van der Waals surface area contributed by atoms with Crippen molar-refractivity contribution >= 4 is 23.5 Å². The lowest BCUT2D eigenvalue weighted by Gasteiger charge is -2.29. The second-order valence-corrected chi connectivity index (χ2v) is 6.76. The molecule has 0 bridgehead atoms. The number of aliphatic carboxylic acids is 1. The lowest BCUT2D eigenvalue weighted by molar-refractivity contribution is -0.143. The van der Waals surface area contributed by atoms with E-state index in [0.29, 0.717) is 54.5 Å². The highest BCUT2D eigenvalue weighted by molar-refractivity contribution is 6.30. The summed E-state index contributed by atoms with van der Waals surface area (Å²) in [7, 11) is 1.50. The van der Waals surface area contributed by atoms with Gasteiger partial charge in [0, 0.05) is 36.8 Å². The van der Waals surface area contributed by atoms with Crippen molar-refractivity contribution in [2.24, 2.45) is 0 Å². The first-order valence-corrected chi connectivity index (χ1v) is 9.01. The number of rotatable bonds is 5. The number of carbonyl (C=O) groups is 2. The molecule has 0 spiro atoms. The molecule has 0 saturated carbocycles. The van der Waals surface area contributed by atoms with Gasteiger partial charge < -0.3 is 19.2 Å². The van der Waals surface area contributed by atoms with Crippen LogP contribution >= 0.6 is 11.6 Å². The third-order valence-electron chi connectivity index (χ3n) is 4.67. The van der Waals surface area contributed by atoms with E-state index in [1.807, 2.05) is 4.90 Å². The first-order chi connectivity index (χ1) is 13.0. The summed E-state index contributed by atoms with van der Waals surface area (Å²) in [6.45, 7) is 1.95. The normalized spacial score (nSPS) is 16.6. The molecule has 1 aliphatic rings. The Kier molecular flexibility index (Phi) is 6.03. The molecule has 1 N–H and O–H groups in total. The summed E-state index contributed by atoms with van der Waals surface area (Å²) in [5.41, 5.74) is 1.00. The average Bonchev–Trinajstić information content (AvgIpc) is 3.08. The van der Waals surface area contributed by atoms with E-state index in [0.717, 1.165) is 0 Å². The number of carboxylic acids is 1. The third-order valence-corrected chi connectivity index (χ3v) is 4.91. The second-order valence-electron chi connectivity index (χ2n) is 6.32. The van der Waals surface area contributed by atoms with Crippen LogP contribution in [0.15, 0.2) is 41.2 Å². The lowest BCUT2D eigenvalue weighted by Crippen LogP contribution is -2.38. The number of amides is 1. The fraction of sp³-hybridized carbons (Fsp3) is 0.368. The van der Waals surface area contributed by atoms with E-state index < -0.39 is 12.0 Å². The van der Waals surface area contributed by atoms with Gasteiger partial charge in [-0.05, 0) is 30.7 Å². The van der Waals surface area contributed by atoms with Crippen LogP contribution in [-0.2, 0) is 4.79 Å². The maximum absolute atomic E-state index is 12.5. The van der Waals surface area contributed by atoms with Crippen molar-refractivity contribution in [2.75, 3.05) is 33.3 Å². The van der Waals surface area contributed by atoms with Crippen molar-refractivity contribution in [3.63, 3.8) is 0 Å². The first-order valence-electron chi connectivity index (χ1n) is 8.63. The minimum absolute atomic E-state index is 0.113. The molecule has 1 unspecified atom stereocenters. The van der Waals surface area contributed by atoms with Crippen molar-refractivity contribution in [3.8, 4) is 5.75 Å². The predicted molar refractivity (Wildman–Crippen MR) is 99.2 cm³/mol. The molecule has 27 heavy (non-hydrogen) atoms. The molecule has 0 radical (unpaired) electrons. The van der Waals surface area contributed by atoms with Gasteiger partial charge in [0.25, 0.3) is 5.91 Å². The molecule has 0 aliphatic carbocycles. The van der Waals surface area contributed by atoms with Gasteiger partial charge in [0.1, 0.15) is 18.1 Å². The molecule has 1 fully saturated rings. The molecule has 1 saturated heterocycles. The fourth-order valence-electron chi connectivity index (χ4n) is 3.37. The zero-order valence-corrected chi connectivity index (χ0v) is 15.7. The molecule has 1 aromatic heterocycles. The number of halogens is 1. The number of hydrogen-bond donors (Lipinski definition) is 1. The van der Waals surface area contributed by atoms with Gasteiger partial charge in [-0.2, -0.15) is 0 Å². The van der Waals surface area contributed by atoms with Gasteiger partial charge in [-0.25, -0.2) is 0 Å². The van der Waals surface area contributed by atoms with Gasteiger partial charge in [-0.3, -0.25) is 14.5 Å². The number of hydrogen-bond acceptors (Lipinski definition) is 5. The van der Waals surface area contributed by atoms with Crippen LogP contribution in [0.5, 0.6) is 5.75 Å². The van der Waals surface area contributed by atoms with Crippen LogP contribution in [0.2, 0.25) is 5.02 Å². The Balaban J connectivity index is 1.81. The highest BCUT2D eigenvalue weighted by Gasteiger charge is 2.32. The van der Waals surface area contributed by atoms with Gasteiger partial charge in [0.05, 0.1) is 18.9 Å². The monoisotopic (exact) mass is 392 g/mol. The number of ether oxygens (including phenoxy) is 1. The van der Waals surface area contributed by atoms with Crippen molar-refractivity contribution in [2.45, 2.75) is 12.5 Å². The van der Waals surface area contributed by atoms with Gasteiger partial charge in [-0.1, -0.05) is 11.6 Å². The molecular formula is C19H21ClN2O5. The minimum atomic E-state index is -0.981. The first kappa shape index (κ1) is 19.3. The van der Waals surface area contributed by atoms with Crippen LogP contribution in [0.4, 0.5) is 0 Å². The number of methoxy groups -OCH3 is 1. The van der Waals surface area contributed by atoms with Crippen molar-refractivity contribution in [1.82, 2.24) is 9.80 Å². The summed E-state index contributed by atoms with van der Waals surface area (Å²) < 4.78 is 10.3. The maximum Gasteiger partial charge on any atom is 0.325 e. The minimum Gasteiger partial charge on any atom is -0.496 e. The number of benzene rings is 1. The van der Waals surface area contributed by atoms with Crippen molar-refractivity contribution in [3.05, 3.63) is 52.9 Å². The fourth-order valence-corrected chi connectivity index (χ4v) is 3.55. The lowest BCUT2D eigenvalue weighted by atomic mass is 10.0. The average molecular weight is 393 g/mol. The molecule has 3 rings (SSSR count). The van der Waals surface area contributed by atoms with Crippen LogP contribution < -0.4 is 4.74 Å². The molecule has 1 aromatic carbocycles. The Morgan fingerprint density at radius 1 is 1.22 bits per heavy atom. The summed E-state index contributed by atoms with van der Waals surface area (Å²) >= 11 is 6.09. The third kappa shape index (κ3) is 4.26. The Bertz CT molecular complexity index is 808. The van der Waals surface area contributed by atoms with Crippen LogP contribution in [0.3, 0.4) is 0 Å². The quantitative estimate of drug-likeness (QED) is 0.842. The smallest absolute Gasteiger partial charge is 0.325 e. The summed E-state index contributed by atoms with van der Waals surface area (Å²) in [6.07, 6.45) is 3.54. The van der Waals surface area contributed by atoms with E-state index in [-0.39, 0.29) is 5.91 Å². The van der Waals surface area contributed by atoms with Gasteiger partial charge in [0.2, 0.25) is 0 Å². The molecule has 1 atom stereocenters. The standard InChI is InChI=1S/C19H21ClN2O5/c1-26-16-4-3-14(20)11-15(16)17(19(24)25)21-6-2-7-22(9-8-21)18(23)13-5-10-27-12-13/h3-5,10-12,17H,2,6-9H2,1H3,(H,24,25). The zero-order chi connectivity index (χ0) is 19.4. The largest absolute Gasteiger partial charge is 0.496 e. The highest BCUT2D eigenvalue weighted by atomic mass is 35.5. The number of carboxylic acid groups (broad SMARTS) is 1. The van der Waals surface area contributed by atoms with Crippen LogP contribution in [0.25, 0.3) is 0 Å². The predicted octanol–water partition coefficient (Wildman–Crippen LogP) is 2.92. The molecule has 1 aliphatic heterocycles. The van der Waals surface area contributed by atoms with E-state index in [1.165, 1.54) is 19.6 Å². The Morgan fingerprint density at radius 2 is 2.04 bits per heavy atom. The van der Waals surface area contributed by atoms with Crippen molar-refractivity contribution in [1.29, 1.82) is 0 Å². The molecule has 144 valence electrons. The Hall–Kier alpha value is -2.51. The van der Waals surface area contributed by atoms with Gasteiger partial charge >= 0.3 is 5.97 Å². The van der Waals surface area contributed by atoms with E-state index in [9.17, 15) is 14.7 Å². The van der Waals surface area contributed by atoms with Crippen LogP contribution in [0, 0.1) is 0 Å². The highest BCUT2D eigenvalue weighted by Crippen LogP contribution is 2.33. The van der Waals surface area contributed by atoms with Crippen LogP contribution in [-0.4, -0.2) is 60.1 Å². The summed E-state index contributed by atoms with van der Waals surface area (Å²) in [5.74, 6) is -0.620. The zero-order valence-electron chi connectivity index (χ0n) is 14.9. The number of nitrogens with zero attached hydrogens (tertiary/aromatic N) is 2. The Morgan fingerprint density at radius 3 is 2.70 bits per heavy atom. The second kappa shape index (κ2) is 8.45. The molecule has 1 amide bonds. The molecule has 7 nitrogen and oxygen atoms in total. The van der Waals surface area contributed by atoms with E-state index in [4.69, 9.17) is 20.8 Å². The van der Waals surface area contributed by atoms with Gasteiger partial charge in [-0.15, -0.1) is 0 Å². The summed E-state index contributed by atoms with van der Waals surface area (Å²) in [4.78, 5) is 28.2. The van der Waals surface area contributed by atoms with Crippen LogP contribution in [0.1, 0.15) is 28.4 Å². The Labute approximate surface area is 162 Å². The summed E-state index contributed by atoms with van der Waals surface area (Å²) in [6, 6.07) is 5.68. The van der Waals surface area contributed by atoms with Gasteiger partial charge in [0.15, 0.2) is 0 Å². The SMILES string of the molecule is COc1ccc(Cl)cc1C(C(=O)O)N1CCCN(C(=O)c2ccoc2)CC1. The molecule has 2 aromatic rings. The van der Waals surface area contributed by atoms with E-state index in [1.54, 1.807) is 29.2 Å². The number of furan rings is 1. The molecule has 2 heterocycles. The number of carbonyl (C=O) groups excluding carboxylic acids is 1. The molecular weight excluding hydrogens is 372 g/mol.